The van der Waals surface area contributed by atoms with Crippen LogP contribution in [0.4, 0.5) is 0 Å². The molecule has 0 saturated heterocycles. The van der Waals surface area contributed by atoms with Gasteiger partial charge in [0.15, 0.2) is 0 Å². The minimum absolute atomic E-state index is 0. The van der Waals surface area contributed by atoms with E-state index < -0.39 is 0 Å². The topological polar surface area (TPSA) is 35.0 Å². The Hall–Kier alpha value is 1.49. The van der Waals surface area contributed by atoms with Crippen LogP contribution in [0.5, 0.6) is 0 Å². The van der Waals surface area contributed by atoms with Gasteiger partial charge in [0.05, 0.1) is 0 Å². The molecule has 0 bridgehead atoms. The molecule has 0 spiro atoms. The molecule has 0 amide bonds. The van der Waals surface area contributed by atoms with E-state index in [0.717, 1.165) is 0 Å². The fraction of sp³-hybridized carbons (Fsp3) is 0. The average molecular weight is 187 g/mol. The molecule has 34 valence electrons. The Kier molecular flexibility index (Phi) is 306. The molecule has 0 radical (unpaired) electrons. The van der Waals surface area contributed by atoms with Gasteiger partial charge >= 0.3 is 0 Å². The summed E-state index contributed by atoms with van der Waals surface area (Å²) in [5, 5.41) is 0. The average Bonchev–Trinajstić information content (AvgIpc) is 0. The molecule has 0 rings (SSSR count). The number of rotatable bonds is 0. The van der Waals surface area contributed by atoms with Crippen LogP contribution in [-0.2, 0) is 50.6 Å². The Morgan fingerprint density at radius 2 is 0.750 bits per heavy atom. The quantitative estimate of drug-likeness (QED) is 0.539. The number of hydrogen-bond acceptors (Lipinski definition) is 1. The summed E-state index contributed by atoms with van der Waals surface area (Å²) in [4.78, 5) is 0. The Labute approximate surface area is 56.7 Å². The van der Waals surface area contributed by atoms with Gasteiger partial charge in [-0.25, -0.2) is 0 Å². The standard InChI is InChI=1S/2Fe.H3N.Ni/h;;1H3;. The second kappa shape index (κ2) is 24.6. The van der Waals surface area contributed by atoms with E-state index in [1.165, 1.54) is 0 Å². The Balaban J connectivity index is 0. The van der Waals surface area contributed by atoms with Gasteiger partial charge in [0.25, 0.3) is 0 Å². The predicted molar refractivity (Wildman–Crippen MR) is 5.02 cm³/mol. The van der Waals surface area contributed by atoms with Crippen molar-refractivity contribution in [2.75, 3.05) is 0 Å². The van der Waals surface area contributed by atoms with Gasteiger partial charge in [-0.15, -0.1) is 0 Å². The molecule has 0 aliphatic rings. The second-order valence-electron chi connectivity index (χ2n) is 0. The van der Waals surface area contributed by atoms with Crippen molar-refractivity contribution in [2.45, 2.75) is 0 Å². The Morgan fingerprint density at radius 3 is 0.750 bits per heavy atom. The Morgan fingerprint density at radius 1 is 0.750 bits per heavy atom. The van der Waals surface area contributed by atoms with Crippen molar-refractivity contribution in [2.24, 2.45) is 0 Å². The van der Waals surface area contributed by atoms with E-state index in [0.29, 0.717) is 0 Å². The molecule has 0 aliphatic carbocycles. The summed E-state index contributed by atoms with van der Waals surface area (Å²) in [6, 6.07) is 0. The van der Waals surface area contributed by atoms with E-state index in [9.17, 15) is 0 Å². The zero-order chi connectivity index (χ0) is 0. The first-order chi connectivity index (χ1) is 0. The molecule has 3 N–H and O–H groups in total. The van der Waals surface area contributed by atoms with Crippen LogP contribution < -0.4 is 6.15 Å². The van der Waals surface area contributed by atoms with Gasteiger partial charge in [-0.05, 0) is 0 Å². The molecule has 4 heavy (non-hydrogen) atoms. The van der Waals surface area contributed by atoms with Crippen molar-refractivity contribution in [3.8, 4) is 0 Å². The SMILES string of the molecule is N.[Fe].[Fe].[Ni]. The largest absolute Gasteiger partial charge is 0.344 e. The second-order valence-corrected chi connectivity index (χ2v) is 0. The Bertz CT molecular complexity index is 6.00. The molecule has 0 aromatic heterocycles. The van der Waals surface area contributed by atoms with Crippen LogP contribution in [0.25, 0.3) is 0 Å². The summed E-state index contributed by atoms with van der Waals surface area (Å²) in [5.41, 5.74) is 0. The van der Waals surface area contributed by atoms with Crippen molar-refractivity contribution >= 4 is 0 Å². The van der Waals surface area contributed by atoms with Crippen LogP contribution in [0.1, 0.15) is 0 Å². The minimum Gasteiger partial charge on any atom is -0.344 e. The molecular formula is H3Fe2NNi. The molecule has 0 saturated carbocycles. The maximum atomic E-state index is 0. The zero-order valence-electron chi connectivity index (χ0n) is 1.73. The first-order valence-electron chi connectivity index (χ1n) is 0. The van der Waals surface area contributed by atoms with E-state index >= 15 is 0 Å². The van der Waals surface area contributed by atoms with Gasteiger partial charge in [0.2, 0.25) is 0 Å². The van der Waals surface area contributed by atoms with Gasteiger partial charge in [-0.1, -0.05) is 0 Å². The van der Waals surface area contributed by atoms with Crippen LogP contribution in [0, 0.1) is 0 Å². The smallest absolute Gasteiger partial charge is 0 e. The van der Waals surface area contributed by atoms with Crippen LogP contribution in [0.2, 0.25) is 0 Å². The van der Waals surface area contributed by atoms with Crippen molar-refractivity contribution < 1.29 is 50.6 Å². The fourth-order valence-corrected chi connectivity index (χ4v) is 0. The van der Waals surface area contributed by atoms with E-state index in [4.69, 9.17) is 0 Å². The van der Waals surface area contributed by atoms with Gasteiger partial charge in [0.1, 0.15) is 0 Å². The summed E-state index contributed by atoms with van der Waals surface area (Å²) >= 11 is 0. The number of hydrogen-bond donors (Lipinski definition) is 1. The molecule has 0 aromatic carbocycles. The molecule has 0 unspecified atom stereocenters. The maximum absolute atomic E-state index is 0. The molecular weight excluding hydrogens is 184 g/mol. The van der Waals surface area contributed by atoms with Crippen molar-refractivity contribution in [3.63, 3.8) is 0 Å². The molecule has 1 nitrogen and oxygen atoms in total. The van der Waals surface area contributed by atoms with Gasteiger partial charge in [-0.2, -0.15) is 0 Å². The van der Waals surface area contributed by atoms with Gasteiger partial charge in [0, 0.05) is 50.6 Å². The third-order valence-corrected chi connectivity index (χ3v) is 0. The summed E-state index contributed by atoms with van der Waals surface area (Å²) in [7, 11) is 0. The van der Waals surface area contributed by atoms with Gasteiger partial charge in [-0.3, -0.25) is 0 Å². The third-order valence-electron chi connectivity index (χ3n) is 0. The van der Waals surface area contributed by atoms with Crippen molar-refractivity contribution in [1.29, 1.82) is 0 Å². The van der Waals surface area contributed by atoms with E-state index in [1.54, 1.807) is 0 Å². The third kappa shape index (κ3) is 9.74. The molecule has 0 fully saturated rings. The van der Waals surface area contributed by atoms with Crippen LogP contribution in [-0.4, -0.2) is 0 Å². The van der Waals surface area contributed by atoms with Crippen LogP contribution in [0.3, 0.4) is 0 Å². The minimum atomic E-state index is 0. The first-order valence-corrected chi connectivity index (χ1v) is 0. The zero-order valence-corrected chi connectivity index (χ0v) is 4.93. The molecule has 4 heteroatoms. The van der Waals surface area contributed by atoms with Crippen molar-refractivity contribution in [3.05, 3.63) is 0 Å². The summed E-state index contributed by atoms with van der Waals surface area (Å²) < 4.78 is 0. The molecule has 0 aromatic rings. The molecule has 0 atom stereocenters. The molecule has 0 heterocycles. The van der Waals surface area contributed by atoms with Crippen LogP contribution in [0.15, 0.2) is 0 Å². The van der Waals surface area contributed by atoms with Crippen LogP contribution >= 0.6 is 0 Å². The van der Waals surface area contributed by atoms with E-state index in [1.807, 2.05) is 0 Å². The predicted octanol–water partition coefficient (Wildman–Crippen LogP) is 0.154. The normalized spacial score (nSPS) is 0. The monoisotopic (exact) mass is 187 g/mol. The summed E-state index contributed by atoms with van der Waals surface area (Å²) in [6.07, 6.45) is 0. The maximum Gasteiger partial charge on any atom is 0 e. The summed E-state index contributed by atoms with van der Waals surface area (Å²) in [5.74, 6) is 0. The summed E-state index contributed by atoms with van der Waals surface area (Å²) in [6.45, 7) is 0. The molecule has 0 aliphatic heterocycles. The van der Waals surface area contributed by atoms with Gasteiger partial charge < -0.3 is 6.15 Å². The van der Waals surface area contributed by atoms with Crippen molar-refractivity contribution in [1.82, 2.24) is 6.15 Å². The van der Waals surface area contributed by atoms with E-state index in [2.05, 4.69) is 0 Å². The van der Waals surface area contributed by atoms with E-state index in [-0.39, 0.29) is 56.8 Å². The first kappa shape index (κ1) is 49.8. The fourth-order valence-electron chi connectivity index (χ4n) is 0.